The van der Waals surface area contributed by atoms with Crippen molar-refractivity contribution >= 4 is 17.9 Å². The summed E-state index contributed by atoms with van der Waals surface area (Å²) in [7, 11) is 1.29. The second-order valence-corrected chi connectivity index (χ2v) is 14.0. The molecule has 0 unspecified atom stereocenters. The van der Waals surface area contributed by atoms with Crippen LogP contribution in [0, 0.1) is 5.92 Å². The van der Waals surface area contributed by atoms with Gasteiger partial charge in [0.15, 0.2) is 0 Å². The van der Waals surface area contributed by atoms with Crippen molar-refractivity contribution in [2.24, 2.45) is 5.92 Å². The van der Waals surface area contributed by atoms with Crippen molar-refractivity contribution in [3.05, 3.63) is 72.6 Å². The molecular formula is C40H52N8O4. The van der Waals surface area contributed by atoms with Crippen LogP contribution in [0.25, 0.3) is 33.6 Å². The minimum Gasteiger partial charge on any atom is -0.453 e. The number of nitrogens with one attached hydrogen (secondary N) is 3. The maximum absolute atomic E-state index is 13.5. The third-order valence-corrected chi connectivity index (χ3v) is 10.5. The van der Waals surface area contributed by atoms with Crippen molar-refractivity contribution in [1.29, 1.82) is 0 Å². The third-order valence-electron chi connectivity index (χ3n) is 10.5. The number of ether oxygens (including phenoxy) is 1. The van der Waals surface area contributed by atoms with Gasteiger partial charge in [0.25, 0.3) is 0 Å². The van der Waals surface area contributed by atoms with Gasteiger partial charge >= 0.3 is 6.09 Å². The lowest BCUT2D eigenvalue weighted by Gasteiger charge is -2.31. The number of amides is 3. The first-order valence-electron chi connectivity index (χ1n) is 19.6. The van der Waals surface area contributed by atoms with Gasteiger partial charge in [0.05, 0.1) is 49.0 Å². The summed E-state index contributed by atoms with van der Waals surface area (Å²) in [6.07, 6.45) is 6.40. The highest BCUT2D eigenvalue weighted by molar-refractivity contribution is 5.86. The van der Waals surface area contributed by atoms with Gasteiger partial charge in [0.1, 0.15) is 17.7 Å². The number of carbonyl (C=O) groups is 3. The third kappa shape index (κ3) is 7.62. The van der Waals surface area contributed by atoms with E-state index in [1.807, 2.05) is 41.7 Å². The fourth-order valence-corrected chi connectivity index (χ4v) is 7.39. The van der Waals surface area contributed by atoms with Gasteiger partial charge in [-0.3, -0.25) is 14.5 Å². The van der Waals surface area contributed by atoms with Crippen LogP contribution in [-0.4, -0.2) is 97.9 Å². The number of methoxy groups -OCH3 is 1. The Kier molecular flexibility index (Phi) is 10.6. The zero-order valence-electron chi connectivity index (χ0n) is 32.6. The number of aromatic amines is 2. The highest BCUT2D eigenvalue weighted by atomic mass is 16.5. The van der Waals surface area contributed by atoms with Crippen LogP contribution in [-0.2, 0) is 14.3 Å². The molecule has 12 nitrogen and oxygen atoms in total. The van der Waals surface area contributed by atoms with Crippen LogP contribution >= 0.6 is 0 Å². The smallest absolute Gasteiger partial charge is 0.407 e. The molecule has 4 heterocycles. The Labute approximate surface area is 309 Å². The van der Waals surface area contributed by atoms with E-state index in [2.05, 4.69) is 68.8 Å². The predicted molar refractivity (Wildman–Crippen MR) is 201 cm³/mol. The number of hydrogen-bond acceptors (Lipinski definition) is 7. The first-order valence-corrected chi connectivity index (χ1v) is 18.2. The van der Waals surface area contributed by atoms with E-state index >= 15 is 0 Å². The number of hydrogen-bond donors (Lipinski definition) is 3. The van der Waals surface area contributed by atoms with E-state index in [0.717, 1.165) is 71.0 Å². The standard InChI is InChI=1S/C40H52N8O4/c1-7-46(8-2)26(5)38(49)47-21-9-11-33(47)36-41-23-31(43-36)29-17-13-27(14-18-29)28-15-19-30(20-16-28)32-24-42-37(44-32)34-12-10-22-48(34)39(50)35(25(3)4)45-40(51)52-6/h13-20,23-26,33-35H,7-12,21-22H2,1-6H3,(H,41,43)(H,42,44)(H,45,51)/t26-,33-,34-,35-/m0/s1/i1D,2D. The molecule has 2 saturated heterocycles. The van der Waals surface area contributed by atoms with Crippen LogP contribution in [0.5, 0.6) is 0 Å². The molecule has 2 aliphatic rings. The maximum atomic E-state index is 13.5. The number of likely N-dealkylation sites (tertiary alicyclic amines) is 2. The van der Waals surface area contributed by atoms with Gasteiger partial charge in [-0.25, -0.2) is 14.8 Å². The van der Waals surface area contributed by atoms with Crippen LogP contribution in [0.3, 0.4) is 0 Å². The Morgan fingerprint density at radius 1 is 0.808 bits per heavy atom. The Hall–Kier alpha value is -4.97. The summed E-state index contributed by atoms with van der Waals surface area (Å²) in [6.45, 7) is 8.31. The molecule has 2 aromatic heterocycles. The quantitative estimate of drug-likeness (QED) is 0.151. The Balaban J connectivity index is 1.10. The minimum absolute atomic E-state index is 0.0271. The van der Waals surface area contributed by atoms with Gasteiger partial charge in [-0.1, -0.05) is 76.2 Å². The number of rotatable bonds is 12. The number of aromatic nitrogens is 4. The highest BCUT2D eigenvalue weighted by Crippen LogP contribution is 2.35. The van der Waals surface area contributed by atoms with E-state index < -0.39 is 12.1 Å². The molecule has 0 radical (unpaired) electrons. The fourth-order valence-electron chi connectivity index (χ4n) is 7.39. The van der Waals surface area contributed by atoms with E-state index in [9.17, 15) is 14.4 Å². The number of benzene rings is 2. The fraction of sp³-hybridized carbons (Fsp3) is 0.475. The summed E-state index contributed by atoms with van der Waals surface area (Å²) in [6, 6.07) is 15.2. The number of imidazole rings is 2. The van der Waals surface area contributed by atoms with Crippen LogP contribution in [0.1, 0.15) is 86.7 Å². The van der Waals surface area contributed by atoms with Crippen molar-refractivity contribution in [2.45, 2.75) is 84.4 Å². The number of H-pyrrole nitrogens is 2. The van der Waals surface area contributed by atoms with E-state index in [-0.39, 0.29) is 49.7 Å². The van der Waals surface area contributed by atoms with Crippen molar-refractivity contribution in [3.63, 3.8) is 0 Å². The van der Waals surface area contributed by atoms with Crippen molar-refractivity contribution in [2.75, 3.05) is 33.3 Å². The summed E-state index contributed by atoms with van der Waals surface area (Å²) >= 11 is 0. The molecule has 2 fully saturated rings. The van der Waals surface area contributed by atoms with Crippen molar-refractivity contribution < 1.29 is 21.9 Å². The molecule has 0 aliphatic carbocycles. The zero-order valence-corrected chi connectivity index (χ0v) is 30.6. The second kappa shape index (κ2) is 16.1. The molecule has 4 atom stereocenters. The molecule has 0 saturated carbocycles. The molecule has 3 amide bonds. The summed E-state index contributed by atoms with van der Waals surface area (Å²) in [5, 5.41) is 2.70. The Morgan fingerprint density at radius 2 is 1.27 bits per heavy atom. The molecule has 2 aliphatic heterocycles. The molecule has 52 heavy (non-hydrogen) atoms. The minimum atomic E-state index is -0.683. The number of nitrogens with zero attached hydrogens (tertiary/aromatic N) is 5. The van der Waals surface area contributed by atoms with Gasteiger partial charge in [-0.15, -0.1) is 0 Å². The lowest BCUT2D eigenvalue weighted by atomic mass is 10.0. The number of alkyl carbamates (subject to hydrolysis) is 1. The Morgan fingerprint density at radius 3 is 1.71 bits per heavy atom. The normalized spacial score (nSPS) is 19.1. The van der Waals surface area contributed by atoms with Crippen LogP contribution in [0.15, 0.2) is 60.9 Å². The average Bonchev–Trinajstić information content (AvgIpc) is 4.03. The molecule has 6 rings (SSSR count). The Bertz CT molecular complexity index is 1870. The monoisotopic (exact) mass is 710 g/mol. The van der Waals surface area contributed by atoms with Gasteiger partial charge < -0.3 is 29.8 Å². The lowest BCUT2D eigenvalue weighted by molar-refractivity contribution is -0.137. The van der Waals surface area contributed by atoms with Crippen LogP contribution in [0.2, 0.25) is 0 Å². The number of carbonyl (C=O) groups excluding carboxylic acids is 3. The zero-order chi connectivity index (χ0) is 38.4. The lowest BCUT2D eigenvalue weighted by Crippen LogP contribution is -2.51. The maximum Gasteiger partial charge on any atom is 0.407 e. The second-order valence-electron chi connectivity index (χ2n) is 14.0. The van der Waals surface area contributed by atoms with Gasteiger partial charge in [-0.05, 0) is 73.9 Å². The SMILES string of the molecule is [2H]CCN(CC[2H])[C@@H](C)C(=O)N1CCC[C@H]1c1ncc(-c2ccc(-c3ccc(-c4cnc([C@@H]5CCCN5C(=O)[C@@H](NC(=O)OC)C(C)C)[nH]4)cc3)cc2)[nH]1. The molecule has 3 N–H and O–H groups in total. The summed E-state index contributed by atoms with van der Waals surface area (Å²) in [4.78, 5) is 60.9. The van der Waals surface area contributed by atoms with E-state index in [1.54, 1.807) is 6.20 Å². The number of likely N-dealkylation sites (N-methyl/N-ethyl adjacent to an activating group) is 1. The van der Waals surface area contributed by atoms with Gasteiger partial charge in [0, 0.05) is 15.8 Å². The van der Waals surface area contributed by atoms with Crippen molar-refractivity contribution in [3.8, 4) is 33.6 Å². The highest BCUT2D eigenvalue weighted by Gasteiger charge is 2.38. The molecule has 4 aromatic rings. The summed E-state index contributed by atoms with van der Waals surface area (Å²) in [5.41, 5.74) is 5.88. The molecule has 0 bridgehead atoms. The van der Waals surface area contributed by atoms with Crippen molar-refractivity contribution in [1.82, 2.24) is 40.0 Å². The van der Waals surface area contributed by atoms with E-state index in [1.165, 1.54) is 7.11 Å². The van der Waals surface area contributed by atoms with Crippen LogP contribution < -0.4 is 5.32 Å². The largest absolute Gasteiger partial charge is 0.453 e. The van der Waals surface area contributed by atoms with Crippen LogP contribution in [0.4, 0.5) is 4.79 Å². The average molecular weight is 711 g/mol. The molecule has 276 valence electrons. The van der Waals surface area contributed by atoms with E-state index in [4.69, 9.17) is 12.5 Å². The predicted octanol–water partition coefficient (Wildman–Crippen LogP) is 6.57. The van der Waals surface area contributed by atoms with E-state index in [0.29, 0.717) is 26.2 Å². The first-order chi connectivity index (χ1) is 26.1. The first kappa shape index (κ1) is 34.1. The topological polar surface area (TPSA) is 140 Å². The van der Waals surface area contributed by atoms with Gasteiger partial charge in [-0.2, -0.15) is 0 Å². The molecule has 0 spiro atoms. The molecule has 2 aromatic carbocycles. The molecular weight excluding hydrogens is 656 g/mol. The van der Waals surface area contributed by atoms with Gasteiger partial charge in [0.2, 0.25) is 11.8 Å². The molecule has 12 heteroatoms. The summed E-state index contributed by atoms with van der Waals surface area (Å²) in [5.74, 6) is 1.30. The summed E-state index contributed by atoms with van der Waals surface area (Å²) < 4.78 is 20.0.